The van der Waals surface area contributed by atoms with Crippen LogP contribution in [0.4, 0.5) is 0 Å². The molecule has 0 spiro atoms. The van der Waals surface area contributed by atoms with Crippen LogP contribution in [0.1, 0.15) is 16.7 Å². The van der Waals surface area contributed by atoms with E-state index in [1.807, 2.05) is 24.4 Å². The lowest BCUT2D eigenvalue weighted by Crippen LogP contribution is -2.34. The Kier molecular flexibility index (Phi) is 7.98. The number of hydrogen-bond acceptors (Lipinski definition) is 3. The summed E-state index contributed by atoms with van der Waals surface area (Å²) in [5.41, 5.74) is 12.0. The van der Waals surface area contributed by atoms with Crippen LogP contribution in [-0.2, 0) is 0 Å². The number of ether oxygens (including phenoxy) is 1. The van der Waals surface area contributed by atoms with Crippen molar-refractivity contribution in [2.75, 3.05) is 0 Å². The molecule has 0 aliphatic heterocycles. The Morgan fingerprint density at radius 2 is 1.35 bits per heavy atom. The van der Waals surface area contributed by atoms with E-state index in [1.165, 1.54) is 31.5 Å². The Morgan fingerprint density at radius 1 is 0.635 bits per heavy atom. The normalized spacial score (nSPS) is 11.4. The predicted octanol–water partition coefficient (Wildman–Crippen LogP) is 12.0. The van der Waals surface area contributed by atoms with Gasteiger partial charge in [0.15, 0.2) is 0 Å². The van der Waals surface area contributed by atoms with Gasteiger partial charge >= 0.3 is 0 Å². The fourth-order valence-electron chi connectivity index (χ4n) is 7.40. The average molecular weight is 690 g/mol. The smallest absolute Gasteiger partial charge is 0.269 e. The van der Waals surface area contributed by atoms with Crippen LogP contribution in [0.15, 0.2) is 158 Å². The molecule has 0 N–H and O–H groups in total. The molecule has 250 valence electrons. The molecular weight excluding hydrogens is 655 g/mol. The fourth-order valence-corrected chi connectivity index (χ4v) is 8.61. The van der Waals surface area contributed by atoms with E-state index < -0.39 is 0 Å². The van der Waals surface area contributed by atoms with E-state index in [-0.39, 0.29) is 0 Å². The Morgan fingerprint density at radius 3 is 2.10 bits per heavy atom. The summed E-state index contributed by atoms with van der Waals surface area (Å²) in [5, 5.41) is 2.38. The van der Waals surface area contributed by atoms with Gasteiger partial charge in [0, 0.05) is 31.9 Å². The van der Waals surface area contributed by atoms with Crippen LogP contribution < -0.4 is 9.30 Å². The number of aromatic nitrogens is 3. The molecule has 5 heteroatoms. The highest BCUT2D eigenvalue weighted by molar-refractivity contribution is 7.26. The SMILES string of the molecule is Cc1cc(C)c(-[n+]2[c-]n(-c3cccc(Oc4cc(-c5ccccn5)c5sc6ccccc6c5c4)c3)c(-c3ccccc3)c2-c2ccccc2)c(C)c1. The van der Waals surface area contributed by atoms with Crippen LogP contribution in [0.25, 0.3) is 65.3 Å². The van der Waals surface area contributed by atoms with E-state index in [0.29, 0.717) is 0 Å². The Hall–Kier alpha value is -6.30. The second-order valence-electron chi connectivity index (χ2n) is 13.2. The molecular formula is C47H35N3OS. The van der Waals surface area contributed by atoms with Gasteiger partial charge < -0.3 is 4.74 Å². The number of rotatable bonds is 7. The maximum Gasteiger partial charge on any atom is 0.269 e. The molecule has 9 aromatic rings. The zero-order chi connectivity index (χ0) is 35.2. The largest absolute Gasteiger partial charge is 0.458 e. The lowest BCUT2D eigenvalue weighted by Gasteiger charge is -2.16. The minimum atomic E-state index is 0.736. The van der Waals surface area contributed by atoms with Crippen molar-refractivity contribution in [3.63, 3.8) is 0 Å². The van der Waals surface area contributed by atoms with Crippen LogP contribution in [-0.4, -0.2) is 9.55 Å². The highest BCUT2D eigenvalue weighted by Gasteiger charge is 2.24. The molecule has 3 aromatic heterocycles. The molecule has 0 atom stereocenters. The molecule has 52 heavy (non-hydrogen) atoms. The van der Waals surface area contributed by atoms with E-state index in [0.717, 1.165) is 62.0 Å². The van der Waals surface area contributed by atoms with Crippen LogP contribution in [0.2, 0.25) is 0 Å². The van der Waals surface area contributed by atoms with Crippen molar-refractivity contribution < 1.29 is 9.30 Å². The molecule has 4 nitrogen and oxygen atoms in total. The van der Waals surface area contributed by atoms with Crippen LogP contribution in [0.3, 0.4) is 0 Å². The van der Waals surface area contributed by atoms with E-state index in [4.69, 9.17) is 9.72 Å². The summed E-state index contributed by atoms with van der Waals surface area (Å²) in [6.07, 6.45) is 5.66. The molecule has 0 fully saturated rings. The molecule has 0 bridgehead atoms. The number of pyridine rings is 1. The summed E-state index contributed by atoms with van der Waals surface area (Å²) in [4.78, 5) is 4.73. The van der Waals surface area contributed by atoms with Gasteiger partial charge in [0.2, 0.25) is 0 Å². The average Bonchev–Trinajstić information content (AvgIpc) is 3.75. The van der Waals surface area contributed by atoms with Gasteiger partial charge in [-0.25, -0.2) is 0 Å². The van der Waals surface area contributed by atoms with Crippen molar-refractivity contribution in [1.29, 1.82) is 0 Å². The number of aryl methyl sites for hydroxylation is 3. The van der Waals surface area contributed by atoms with Crippen LogP contribution in [0.5, 0.6) is 11.5 Å². The monoisotopic (exact) mass is 689 g/mol. The first-order valence-corrected chi connectivity index (χ1v) is 18.3. The molecule has 0 saturated carbocycles. The summed E-state index contributed by atoms with van der Waals surface area (Å²) in [7, 11) is 0. The van der Waals surface area contributed by atoms with Crippen molar-refractivity contribution in [1.82, 2.24) is 9.55 Å². The zero-order valence-electron chi connectivity index (χ0n) is 29.2. The van der Waals surface area contributed by atoms with Crippen molar-refractivity contribution in [3.8, 4) is 56.6 Å². The molecule has 0 aliphatic carbocycles. The second-order valence-corrected chi connectivity index (χ2v) is 14.3. The summed E-state index contributed by atoms with van der Waals surface area (Å²) in [6, 6.07) is 52.9. The third kappa shape index (κ3) is 5.66. The summed E-state index contributed by atoms with van der Waals surface area (Å²) in [6.45, 7) is 6.53. The summed E-state index contributed by atoms with van der Waals surface area (Å²) in [5.74, 6) is 1.50. The minimum absolute atomic E-state index is 0.736. The molecule has 6 aromatic carbocycles. The third-order valence-electron chi connectivity index (χ3n) is 9.53. The Balaban J connectivity index is 1.23. The van der Waals surface area contributed by atoms with Gasteiger partial charge in [-0.3, -0.25) is 14.1 Å². The lowest BCUT2D eigenvalue weighted by molar-refractivity contribution is -0.588. The number of fused-ring (bicyclic) bond motifs is 3. The Labute approximate surface area is 307 Å². The maximum atomic E-state index is 6.78. The van der Waals surface area contributed by atoms with Crippen molar-refractivity contribution in [3.05, 3.63) is 181 Å². The molecule has 9 rings (SSSR count). The van der Waals surface area contributed by atoms with E-state index in [2.05, 4.69) is 170 Å². The van der Waals surface area contributed by atoms with Crippen LogP contribution in [0, 0.1) is 27.1 Å². The van der Waals surface area contributed by atoms with E-state index in [1.54, 1.807) is 11.3 Å². The number of hydrogen-bond donors (Lipinski definition) is 0. The molecule has 0 aliphatic rings. The summed E-state index contributed by atoms with van der Waals surface area (Å²) >= 11 is 1.79. The van der Waals surface area contributed by atoms with Crippen molar-refractivity contribution in [2.24, 2.45) is 0 Å². The zero-order valence-corrected chi connectivity index (χ0v) is 30.0. The minimum Gasteiger partial charge on any atom is -0.458 e. The van der Waals surface area contributed by atoms with Crippen molar-refractivity contribution in [2.45, 2.75) is 20.8 Å². The van der Waals surface area contributed by atoms with E-state index in [9.17, 15) is 0 Å². The van der Waals surface area contributed by atoms with Gasteiger partial charge in [-0.15, -0.1) is 11.3 Å². The topological polar surface area (TPSA) is 30.9 Å². The molecule has 0 amide bonds. The highest BCUT2D eigenvalue weighted by atomic mass is 32.1. The fraction of sp³-hybridized carbons (Fsp3) is 0.0638. The third-order valence-corrected chi connectivity index (χ3v) is 10.7. The van der Waals surface area contributed by atoms with Gasteiger partial charge in [-0.2, -0.15) is 0 Å². The first-order valence-electron chi connectivity index (χ1n) is 17.5. The van der Waals surface area contributed by atoms with Crippen molar-refractivity contribution >= 4 is 31.5 Å². The van der Waals surface area contributed by atoms with E-state index >= 15 is 0 Å². The number of imidazole rings is 1. The van der Waals surface area contributed by atoms with Gasteiger partial charge in [-0.05, 0) is 91.6 Å². The summed E-state index contributed by atoms with van der Waals surface area (Å²) < 4.78 is 13.6. The van der Waals surface area contributed by atoms with Gasteiger partial charge in [0.1, 0.15) is 11.5 Å². The lowest BCUT2D eigenvalue weighted by atomic mass is 10.0. The first-order chi connectivity index (χ1) is 25.5. The predicted molar refractivity (Wildman–Crippen MR) is 214 cm³/mol. The van der Waals surface area contributed by atoms with Gasteiger partial charge in [0.25, 0.3) is 6.33 Å². The molecule has 0 radical (unpaired) electrons. The Bertz CT molecular complexity index is 2710. The first kappa shape index (κ1) is 31.7. The molecule has 0 saturated heterocycles. The number of thiophene rings is 1. The number of nitrogens with zero attached hydrogens (tertiary/aromatic N) is 3. The van der Waals surface area contributed by atoms with Gasteiger partial charge in [-0.1, -0.05) is 109 Å². The van der Waals surface area contributed by atoms with Gasteiger partial charge in [0.05, 0.1) is 28.5 Å². The van der Waals surface area contributed by atoms with Crippen LogP contribution >= 0.6 is 11.3 Å². The standard InChI is InChI=1S/C47H35N3OS/c1-31-25-32(2)44(33(3)26-31)50-30-49(45(34-15-6-4-7-16-34)46(50)35-17-8-5-9-18-35)36-19-14-20-37(27-36)51-38-28-40-39-21-10-11-23-43(39)52-47(40)41(29-38)42-22-12-13-24-48-42/h4-29H,1-3H3. The second kappa shape index (κ2) is 13.1. The maximum absolute atomic E-state index is 6.78. The molecule has 0 unspecified atom stereocenters. The quantitative estimate of drug-likeness (QED) is 0.123. The molecule has 3 heterocycles. The number of benzene rings is 6. The highest BCUT2D eigenvalue weighted by Crippen LogP contribution is 2.43.